The van der Waals surface area contributed by atoms with E-state index in [2.05, 4.69) is 54.7 Å². The van der Waals surface area contributed by atoms with Crippen LogP contribution in [-0.2, 0) is 0 Å². The predicted molar refractivity (Wildman–Crippen MR) is 79.6 cm³/mol. The van der Waals surface area contributed by atoms with Crippen molar-refractivity contribution in [3.05, 3.63) is 42.5 Å². The predicted octanol–water partition coefficient (Wildman–Crippen LogP) is 3.61. The molecule has 0 saturated carbocycles. The molecule has 100 valence electrons. The molecule has 0 aromatic heterocycles. The summed E-state index contributed by atoms with van der Waals surface area (Å²) in [7, 11) is 0. The van der Waals surface area contributed by atoms with Gasteiger partial charge in [-0.25, -0.2) is 0 Å². The van der Waals surface area contributed by atoms with E-state index in [9.17, 15) is 0 Å². The van der Waals surface area contributed by atoms with Gasteiger partial charge in [0.1, 0.15) is 11.9 Å². The van der Waals surface area contributed by atoms with E-state index in [-0.39, 0.29) is 0 Å². The third-order valence-corrected chi connectivity index (χ3v) is 4.05. The smallest absolute Gasteiger partial charge is 0.127 e. The Bertz CT molecular complexity index is 540. The number of hydrogen-bond acceptors (Lipinski definition) is 2. The van der Waals surface area contributed by atoms with Crippen molar-refractivity contribution in [3.8, 4) is 5.75 Å². The maximum atomic E-state index is 6.32. The number of hydrogen-bond donors (Lipinski definition) is 1. The Balaban J connectivity index is 1.87. The van der Waals surface area contributed by atoms with Crippen molar-refractivity contribution < 1.29 is 4.74 Å². The van der Waals surface area contributed by atoms with Crippen LogP contribution in [0.25, 0.3) is 10.8 Å². The quantitative estimate of drug-likeness (QED) is 0.901. The van der Waals surface area contributed by atoms with E-state index in [0.717, 1.165) is 25.3 Å². The molecule has 0 bridgehead atoms. The Kier molecular flexibility index (Phi) is 3.69. The van der Waals surface area contributed by atoms with E-state index in [1.54, 1.807) is 0 Å². The summed E-state index contributed by atoms with van der Waals surface area (Å²) in [5, 5.41) is 5.90. The largest absolute Gasteiger partial charge is 0.489 e. The van der Waals surface area contributed by atoms with Gasteiger partial charge in [-0.05, 0) is 30.8 Å². The lowest BCUT2D eigenvalue weighted by atomic mass is 9.99. The zero-order valence-electron chi connectivity index (χ0n) is 11.4. The van der Waals surface area contributed by atoms with Crippen molar-refractivity contribution in [3.63, 3.8) is 0 Å². The van der Waals surface area contributed by atoms with Gasteiger partial charge in [-0.15, -0.1) is 0 Å². The molecule has 0 radical (unpaired) electrons. The Morgan fingerprint density at radius 2 is 2.05 bits per heavy atom. The highest BCUT2D eigenvalue weighted by atomic mass is 16.5. The summed E-state index contributed by atoms with van der Waals surface area (Å²) in [4.78, 5) is 0. The second kappa shape index (κ2) is 5.62. The maximum absolute atomic E-state index is 6.32. The number of nitrogens with one attached hydrogen (secondary N) is 1. The molecule has 1 heterocycles. The minimum Gasteiger partial charge on any atom is -0.489 e. The summed E-state index contributed by atoms with van der Waals surface area (Å²) < 4.78 is 6.32. The third-order valence-electron chi connectivity index (χ3n) is 4.05. The second-order valence-corrected chi connectivity index (χ2v) is 5.29. The number of rotatable bonds is 4. The molecule has 2 atom stereocenters. The molecule has 2 aromatic rings. The van der Waals surface area contributed by atoms with Gasteiger partial charge < -0.3 is 10.1 Å². The fourth-order valence-corrected chi connectivity index (χ4v) is 2.97. The van der Waals surface area contributed by atoms with E-state index in [1.165, 1.54) is 17.2 Å². The van der Waals surface area contributed by atoms with Gasteiger partial charge in [0.2, 0.25) is 0 Å². The van der Waals surface area contributed by atoms with Gasteiger partial charge in [0, 0.05) is 17.8 Å². The van der Waals surface area contributed by atoms with Crippen LogP contribution < -0.4 is 10.1 Å². The first kappa shape index (κ1) is 12.5. The van der Waals surface area contributed by atoms with Crippen molar-refractivity contribution >= 4 is 10.8 Å². The van der Waals surface area contributed by atoms with Crippen LogP contribution in [-0.4, -0.2) is 19.2 Å². The van der Waals surface area contributed by atoms with E-state index in [0.29, 0.717) is 12.0 Å². The van der Waals surface area contributed by atoms with Gasteiger partial charge in [0.25, 0.3) is 0 Å². The van der Waals surface area contributed by atoms with Crippen molar-refractivity contribution in [2.45, 2.75) is 25.9 Å². The molecule has 1 N–H and O–H groups in total. The van der Waals surface area contributed by atoms with Gasteiger partial charge in [-0.1, -0.05) is 43.3 Å². The molecular formula is C17H21NO. The first-order valence-electron chi connectivity index (χ1n) is 7.23. The van der Waals surface area contributed by atoms with Crippen LogP contribution in [0.2, 0.25) is 0 Å². The van der Waals surface area contributed by atoms with Gasteiger partial charge in [-0.2, -0.15) is 0 Å². The van der Waals surface area contributed by atoms with E-state index >= 15 is 0 Å². The lowest BCUT2D eigenvalue weighted by Gasteiger charge is -2.23. The van der Waals surface area contributed by atoms with Crippen molar-refractivity contribution in [2.24, 2.45) is 5.92 Å². The lowest BCUT2D eigenvalue weighted by molar-refractivity contribution is 0.140. The monoisotopic (exact) mass is 255 g/mol. The molecule has 1 aliphatic rings. The summed E-state index contributed by atoms with van der Waals surface area (Å²) in [6.45, 7) is 4.43. The summed E-state index contributed by atoms with van der Waals surface area (Å²) >= 11 is 0. The SMILES string of the molecule is CCC(Oc1cccc2ccccc12)C1CCNC1. The first-order chi connectivity index (χ1) is 9.38. The highest BCUT2D eigenvalue weighted by molar-refractivity contribution is 5.88. The molecule has 1 fully saturated rings. The average molecular weight is 255 g/mol. The minimum atomic E-state index is 0.320. The van der Waals surface area contributed by atoms with E-state index in [4.69, 9.17) is 4.74 Å². The molecule has 0 amide bonds. The van der Waals surface area contributed by atoms with Crippen LogP contribution in [0.5, 0.6) is 5.75 Å². The van der Waals surface area contributed by atoms with Crippen molar-refractivity contribution in [1.29, 1.82) is 0 Å². The summed E-state index contributed by atoms with van der Waals surface area (Å²) in [6, 6.07) is 14.7. The van der Waals surface area contributed by atoms with Gasteiger partial charge >= 0.3 is 0 Å². The normalized spacial score (nSPS) is 20.6. The van der Waals surface area contributed by atoms with Crippen molar-refractivity contribution in [1.82, 2.24) is 5.32 Å². The van der Waals surface area contributed by atoms with Crippen molar-refractivity contribution in [2.75, 3.05) is 13.1 Å². The molecule has 2 aromatic carbocycles. The topological polar surface area (TPSA) is 21.3 Å². The van der Waals surface area contributed by atoms with Crippen LogP contribution in [0.1, 0.15) is 19.8 Å². The van der Waals surface area contributed by atoms with Gasteiger partial charge in [0.15, 0.2) is 0 Å². The highest BCUT2D eigenvalue weighted by Gasteiger charge is 2.25. The molecule has 2 nitrogen and oxygen atoms in total. The van der Waals surface area contributed by atoms with E-state index < -0.39 is 0 Å². The van der Waals surface area contributed by atoms with E-state index in [1.807, 2.05) is 0 Å². The van der Waals surface area contributed by atoms with Crippen LogP contribution in [0.4, 0.5) is 0 Å². The molecule has 0 spiro atoms. The molecule has 0 aliphatic carbocycles. The second-order valence-electron chi connectivity index (χ2n) is 5.29. The zero-order valence-corrected chi connectivity index (χ0v) is 11.4. The maximum Gasteiger partial charge on any atom is 0.127 e. The molecule has 2 heteroatoms. The Morgan fingerprint density at radius 3 is 2.84 bits per heavy atom. The standard InChI is InChI=1S/C17H21NO/c1-2-16(14-10-11-18-12-14)19-17-9-5-7-13-6-3-4-8-15(13)17/h3-9,14,16,18H,2,10-12H2,1H3. The van der Waals surface area contributed by atoms with Crippen LogP contribution in [0.15, 0.2) is 42.5 Å². The molecular weight excluding hydrogens is 234 g/mol. The third kappa shape index (κ3) is 2.59. The van der Waals surface area contributed by atoms with Crippen LogP contribution >= 0.6 is 0 Å². The fraction of sp³-hybridized carbons (Fsp3) is 0.412. The molecule has 19 heavy (non-hydrogen) atoms. The molecule has 1 saturated heterocycles. The molecule has 3 rings (SSSR count). The minimum absolute atomic E-state index is 0.320. The Hall–Kier alpha value is -1.54. The van der Waals surface area contributed by atoms with Crippen LogP contribution in [0, 0.1) is 5.92 Å². The fourth-order valence-electron chi connectivity index (χ4n) is 2.97. The molecule has 2 unspecified atom stereocenters. The Labute approximate surface area is 114 Å². The van der Waals surface area contributed by atoms with Crippen LogP contribution in [0.3, 0.4) is 0 Å². The number of benzene rings is 2. The average Bonchev–Trinajstić information content (AvgIpc) is 2.99. The Morgan fingerprint density at radius 1 is 1.21 bits per heavy atom. The van der Waals surface area contributed by atoms with Gasteiger partial charge in [-0.3, -0.25) is 0 Å². The summed E-state index contributed by atoms with van der Waals surface area (Å²) in [5.74, 6) is 1.67. The summed E-state index contributed by atoms with van der Waals surface area (Å²) in [5.41, 5.74) is 0. The highest BCUT2D eigenvalue weighted by Crippen LogP contribution is 2.29. The lowest BCUT2D eigenvalue weighted by Crippen LogP contribution is -2.28. The number of fused-ring (bicyclic) bond motifs is 1. The molecule has 1 aliphatic heterocycles. The first-order valence-corrected chi connectivity index (χ1v) is 7.23. The zero-order chi connectivity index (χ0) is 13.1. The van der Waals surface area contributed by atoms with Gasteiger partial charge in [0.05, 0.1) is 0 Å². The number of ether oxygens (including phenoxy) is 1. The summed E-state index contributed by atoms with van der Waals surface area (Å²) in [6.07, 6.45) is 2.61.